The van der Waals surface area contributed by atoms with E-state index in [2.05, 4.69) is 12.2 Å². The minimum absolute atomic E-state index is 0.764. The van der Waals surface area contributed by atoms with Gasteiger partial charge in [-0.15, -0.1) is 0 Å². The summed E-state index contributed by atoms with van der Waals surface area (Å²) >= 11 is 0. The average Bonchev–Trinajstić information content (AvgIpc) is 2.07. The van der Waals surface area contributed by atoms with E-state index in [4.69, 9.17) is 0 Å². The Bertz CT molecular complexity index is 116. The van der Waals surface area contributed by atoms with Gasteiger partial charge in [0, 0.05) is 6.04 Å². The Morgan fingerprint density at radius 1 is 1.33 bits per heavy atom. The predicted octanol–water partition coefficient (Wildman–Crippen LogP) is 1.54. The van der Waals surface area contributed by atoms with Crippen LogP contribution in [-0.2, 0) is 0 Å². The minimum Gasteiger partial charge on any atom is -0.314 e. The van der Waals surface area contributed by atoms with Gasteiger partial charge in [0.15, 0.2) is 0 Å². The summed E-state index contributed by atoms with van der Waals surface area (Å²) in [5.74, 6) is 0. The van der Waals surface area contributed by atoms with Crippen LogP contribution in [0.4, 0.5) is 0 Å². The Morgan fingerprint density at radius 3 is 2.33 bits per heavy atom. The molecule has 0 amide bonds. The third-order valence-corrected chi connectivity index (χ3v) is 3.34. The quantitative estimate of drug-likeness (QED) is 0.518. The van der Waals surface area contributed by atoms with E-state index < -0.39 is 0 Å². The first kappa shape index (κ1) is 5.72. The van der Waals surface area contributed by atoms with Crippen LogP contribution in [0.5, 0.6) is 0 Å². The first-order valence-electron chi connectivity index (χ1n) is 4.07. The molecule has 0 aromatic rings. The van der Waals surface area contributed by atoms with Crippen molar-refractivity contribution in [3.8, 4) is 0 Å². The summed E-state index contributed by atoms with van der Waals surface area (Å²) in [5.41, 5.74) is 0.764. The largest absolute Gasteiger partial charge is 0.314 e. The van der Waals surface area contributed by atoms with Gasteiger partial charge < -0.3 is 5.32 Å². The van der Waals surface area contributed by atoms with Crippen LogP contribution in [0.1, 0.15) is 32.6 Å². The average molecular weight is 125 g/mol. The van der Waals surface area contributed by atoms with E-state index in [9.17, 15) is 0 Å². The maximum atomic E-state index is 3.51. The maximum absolute atomic E-state index is 3.51. The van der Waals surface area contributed by atoms with Crippen molar-refractivity contribution in [3.63, 3.8) is 0 Å². The van der Waals surface area contributed by atoms with Crippen molar-refractivity contribution in [1.82, 2.24) is 5.32 Å². The van der Waals surface area contributed by atoms with E-state index >= 15 is 0 Å². The van der Waals surface area contributed by atoms with Crippen LogP contribution < -0.4 is 5.32 Å². The molecule has 0 aromatic carbocycles. The Hall–Kier alpha value is -0.0400. The van der Waals surface area contributed by atoms with Gasteiger partial charge >= 0.3 is 0 Å². The predicted molar refractivity (Wildman–Crippen MR) is 38.4 cm³/mol. The lowest BCUT2D eigenvalue weighted by Gasteiger charge is -2.41. The molecule has 9 heavy (non-hydrogen) atoms. The van der Waals surface area contributed by atoms with Gasteiger partial charge in [-0.2, -0.15) is 0 Å². The van der Waals surface area contributed by atoms with Gasteiger partial charge in [-0.25, -0.2) is 0 Å². The molecule has 0 aromatic heterocycles. The van der Waals surface area contributed by atoms with Crippen LogP contribution in [-0.4, -0.2) is 12.6 Å². The van der Waals surface area contributed by atoms with E-state index in [1.165, 1.54) is 32.2 Å². The molecule has 1 N–H and O–H groups in total. The SMILES string of the molecule is CC1NCCC12CCC2. The Kier molecular flexibility index (Phi) is 1.10. The first-order chi connectivity index (χ1) is 4.33. The molecule has 1 unspecified atom stereocenters. The molecule has 2 fully saturated rings. The van der Waals surface area contributed by atoms with Crippen molar-refractivity contribution >= 4 is 0 Å². The lowest BCUT2D eigenvalue weighted by atomic mass is 9.64. The zero-order valence-corrected chi connectivity index (χ0v) is 6.11. The molecule has 0 radical (unpaired) electrons. The summed E-state index contributed by atoms with van der Waals surface area (Å²) in [7, 11) is 0. The molecule has 1 aliphatic carbocycles. The number of hydrogen-bond donors (Lipinski definition) is 1. The zero-order valence-electron chi connectivity index (χ0n) is 6.11. The highest BCUT2D eigenvalue weighted by Crippen LogP contribution is 2.48. The van der Waals surface area contributed by atoms with Gasteiger partial charge in [0.2, 0.25) is 0 Å². The van der Waals surface area contributed by atoms with Crippen LogP contribution in [0.2, 0.25) is 0 Å². The van der Waals surface area contributed by atoms with Crippen molar-refractivity contribution in [1.29, 1.82) is 0 Å². The zero-order chi connectivity index (χ0) is 6.32. The molecule has 1 heteroatoms. The third kappa shape index (κ3) is 0.644. The fraction of sp³-hybridized carbons (Fsp3) is 1.00. The van der Waals surface area contributed by atoms with Gasteiger partial charge in [-0.3, -0.25) is 0 Å². The van der Waals surface area contributed by atoms with E-state index in [1.54, 1.807) is 0 Å². The maximum Gasteiger partial charge on any atom is 0.00956 e. The normalized spacial score (nSPS) is 39.0. The molecule has 1 saturated heterocycles. The second-order valence-electron chi connectivity index (χ2n) is 3.64. The Balaban J connectivity index is 2.09. The standard InChI is InChI=1S/C8H15N/c1-7-8(3-2-4-8)5-6-9-7/h7,9H,2-6H2,1H3. The highest BCUT2D eigenvalue weighted by molar-refractivity contribution is 4.99. The smallest absolute Gasteiger partial charge is 0.00956 e. The molecule has 52 valence electrons. The van der Waals surface area contributed by atoms with E-state index in [0.717, 1.165) is 11.5 Å². The van der Waals surface area contributed by atoms with E-state index in [0.29, 0.717) is 0 Å². The number of hydrogen-bond acceptors (Lipinski definition) is 1. The topological polar surface area (TPSA) is 12.0 Å². The van der Waals surface area contributed by atoms with Gasteiger partial charge in [-0.1, -0.05) is 6.42 Å². The van der Waals surface area contributed by atoms with Crippen LogP contribution >= 0.6 is 0 Å². The highest BCUT2D eigenvalue weighted by Gasteiger charge is 2.44. The van der Waals surface area contributed by atoms with Crippen molar-refractivity contribution in [2.24, 2.45) is 5.41 Å². The summed E-state index contributed by atoms with van der Waals surface area (Å²) < 4.78 is 0. The molecular formula is C8H15N. The lowest BCUT2D eigenvalue weighted by molar-refractivity contribution is 0.121. The summed E-state index contributed by atoms with van der Waals surface area (Å²) in [5, 5.41) is 3.51. The van der Waals surface area contributed by atoms with Gasteiger partial charge in [0.1, 0.15) is 0 Å². The fourth-order valence-electron chi connectivity index (χ4n) is 2.28. The van der Waals surface area contributed by atoms with Crippen LogP contribution in [0.25, 0.3) is 0 Å². The van der Waals surface area contributed by atoms with Crippen molar-refractivity contribution in [2.75, 3.05) is 6.54 Å². The molecule has 2 aliphatic rings. The number of nitrogens with one attached hydrogen (secondary N) is 1. The van der Waals surface area contributed by atoms with Crippen LogP contribution in [0, 0.1) is 5.41 Å². The first-order valence-corrected chi connectivity index (χ1v) is 4.07. The molecule has 1 aliphatic heterocycles. The Morgan fingerprint density at radius 2 is 2.11 bits per heavy atom. The second kappa shape index (κ2) is 1.72. The molecule has 1 heterocycles. The monoisotopic (exact) mass is 125 g/mol. The summed E-state index contributed by atoms with van der Waals surface area (Å²) in [6.45, 7) is 3.60. The molecular weight excluding hydrogens is 110 g/mol. The summed E-state index contributed by atoms with van der Waals surface area (Å²) in [6, 6.07) is 0.811. The number of rotatable bonds is 0. The van der Waals surface area contributed by atoms with Crippen molar-refractivity contribution < 1.29 is 0 Å². The Labute approximate surface area is 56.8 Å². The van der Waals surface area contributed by atoms with Crippen molar-refractivity contribution in [2.45, 2.75) is 38.6 Å². The van der Waals surface area contributed by atoms with E-state index in [-0.39, 0.29) is 0 Å². The van der Waals surface area contributed by atoms with Gasteiger partial charge in [-0.05, 0) is 38.1 Å². The molecule has 2 rings (SSSR count). The molecule has 1 spiro atoms. The molecule has 1 nitrogen and oxygen atoms in total. The van der Waals surface area contributed by atoms with Crippen LogP contribution in [0.15, 0.2) is 0 Å². The summed E-state index contributed by atoms with van der Waals surface area (Å²) in [4.78, 5) is 0. The van der Waals surface area contributed by atoms with Crippen LogP contribution in [0.3, 0.4) is 0 Å². The van der Waals surface area contributed by atoms with E-state index in [1.807, 2.05) is 0 Å². The lowest BCUT2D eigenvalue weighted by Crippen LogP contribution is -2.39. The molecule has 1 saturated carbocycles. The van der Waals surface area contributed by atoms with Gasteiger partial charge in [0.25, 0.3) is 0 Å². The van der Waals surface area contributed by atoms with Crippen molar-refractivity contribution in [3.05, 3.63) is 0 Å². The minimum atomic E-state index is 0.764. The molecule has 1 atom stereocenters. The summed E-state index contributed by atoms with van der Waals surface area (Å²) in [6.07, 6.45) is 5.89. The second-order valence-corrected chi connectivity index (χ2v) is 3.64. The molecule has 0 bridgehead atoms. The third-order valence-electron chi connectivity index (χ3n) is 3.34. The van der Waals surface area contributed by atoms with Gasteiger partial charge in [0.05, 0.1) is 0 Å². The fourth-order valence-corrected chi connectivity index (χ4v) is 2.28. The highest BCUT2D eigenvalue weighted by atomic mass is 15.0.